The highest BCUT2D eigenvalue weighted by Gasteiger charge is 2.25. The smallest absolute Gasteiger partial charge is 0.0109 e. The Kier molecular flexibility index (Phi) is 5.93. The van der Waals surface area contributed by atoms with Gasteiger partial charge < -0.3 is 15.5 Å². The maximum absolute atomic E-state index is 5.92. The van der Waals surface area contributed by atoms with Crippen LogP contribution in [-0.2, 0) is 0 Å². The van der Waals surface area contributed by atoms with Gasteiger partial charge in [-0.25, -0.2) is 0 Å². The van der Waals surface area contributed by atoms with E-state index in [1.165, 1.54) is 71.2 Å². The second kappa shape index (κ2) is 7.46. The molecule has 2 atom stereocenters. The van der Waals surface area contributed by atoms with Crippen molar-refractivity contribution < 1.29 is 0 Å². The summed E-state index contributed by atoms with van der Waals surface area (Å²) in [6.07, 6.45) is 8.39. The van der Waals surface area contributed by atoms with Gasteiger partial charge in [-0.05, 0) is 64.2 Å². The first-order valence-electron chi connectivity index (χ1n) is 7.90. The molecule has 0 aromatic rings. The second-order valence-electron chi connectivity index (χ2n) is 6.35. The van der Waals surface area contributed by atoms with Gasteiger partial charge in [0.15, 0.2) is 0 Å². The van der Waals surface area contributed by atoms with Crippen LogP contribution in [0.5, 0.6) is 0 Å². The average molecular weight is 253 g/mol. The minimum absolute atomic E-state index is 0.785. The number of nitrogens with two attached hydrogens (primary N) is 1. The maximum Gasteiger partial charge on any atom is 0.0109 e. The molecule has 0 amide bonds. The number of likely N-dealkylation sites (N-methyl/N-ethyl adjacent to an activating group) is 1. The van der Waals surface area contributed by atoms with E-state index in [0.29, 0.717) is 0 Å². The van der Waals surface area contributed by atoms with E-state index >= 15 is 0 Å². The van der Waals surface area contributed by atoms with E-state index in [-0.39, 0.29) is 0 Å². The van der Waals surface area contributed by atoms with Crippen molar-refractivity contribution in [2.45, 2.75) is 38.5 Å². The Balaban J connectivity index is 1.66. The average Bonchev–Trinajstić information content (AvgIpc) is 2.90. The van der Waals surface area contributed by atoms with Gasteiger partial charge in [0.2, 0.25) is 0 Å². The third kappa shape index (κ3) is 4.22. The van der Waals surface area contributed by atoms with Crippen LogP contribution in [0.3, 0.4) is 0 Å². The molecule has 1 heterocycles. The van der Waals surface area contributed by atoms with E-state index in [1.807, 2.05) is 0 Å². The van der Waals surface area contributed by atoms with Gasteiger partial charge in [-0.15, -0.1) is 0 Å². The van der Waals surface area contributed by atoms with Gasteiger partial charge in [-0.3, -0.25) is 0 Å². The summed E-state index contributed by atoms with van der Waals surface area (Å²) in [7, 11) is 2.29. The molecule has 3 nitrogen and oxygen atoms in total. The van der Waals surface area contributed by atoms with Crippen LogP contribution in [0.1, 0.15) is 38.5 Å². The zero-order chi connectivity index (χ0) is 12.8. The van der Waals surface area contributed by atoms with Gasteiger partial charge in [-0.1, -0.05) is 12.8 Å². The second-order valence-corrected chi connectivity index (χ2v) is 6.35. The van der Waals surface area contributed by atoms with Gasteiger partial charge in [0.05, 0.1) is 0 Å². The molecule has 2 aliphatic rings. The molecule has 0 spiro atoms. The normalized spacial score (nSPS) is 30.2. The van der Waals surface area contributed by atoms with Crippen LogP contribution >= 0.6 is 0 Å². The van der Waals surface area contributed by atoms with Crippen molar-refractivity contribution >= 4 is 0 Å². The summed E-state index contributed by atoms with van der Waals surface area (Å²) in [4.78, 5) is 5.15. The van der Waals surface area contributed by atoms with Gasteiger partial charge in [-0.2, -0.15) is 0 Å². The molecule has 1 saturated heterocycles. The molecule has 2 unspecified atom stereocenters. The van der Waals surface area contributed by atoms with Crippen LogP contribution in [0.25, 0.3) is 0 Å². The quantitative estimate of drug-likeness (QED) is 0.783. The van der Waals surface area contributed by atoms with Crippen LogP contribution in [0, 0.1) is 11.8 Å². The highest BCUT2D eigenvalue weighted by Crippen LogP contribution is 2.29. The summed E-state index contributed by atoms with van der Waals surface area (Å²) in [6, 6.07) is 0. The molecule has 1 aliphatic heterocycles. The van der Waals surface area contributed by atoms with Crippen molar-refractivity contribution in [1.82, 2.24) is 9.80 Å². The predicted molar refractivity (Wildman–Crippen MR) is 77.7 cm³/mol. The molecule has 1 aliphatic carbocycles. The molecule has 2 N–H and O–H groups in total. The minimum Gasteiger partial charge on any atom is -0.330 e. The van der Waals surface area contributed by atoms with Gasteiger partial charge in [0.1, 0.15) is 0 Å². The Morgan fingerprint density at radius 2 is 1.72 bits per heavy atom. The molecule has 1 saturated carbocycles. The van der Waals surface area contributed by atoms with Crippen molar-refractivity contribution in [2.24, 2.45) is 17.6 Å². The Labute approximate surface area is 113 Å². The number of nitrogens with zero attached hydrogens (tertiary/aromatic N) is 2. The number of hydrogen-bond acceptors (Lipinski definition) is 3. The summed E-state index contributed by atoms with van der Waals surface area (Å²) in [6.45, 7) is 7.29. The van der Waals surface area contributed by atoms with Crippen molar-refractivity contribution in [2.75, 3.05) is 46.3 Å². The van der Waals surface area contributed by atoms with Crippen LogP contribution in [0.15, 0.2) is 0 Å². The third-order valence-electron chi connectivity index (χ3n) is 4.91. The molecule has 18 heavy (non-hydrogen) atoms. The summed E-state index contributed by atoms with van der Waals surface area (Å²) in [5.41, 5.74) is 5.92. The standard InChI is InChI=1S/C15H31N3/c1-17(10-11-18-8-4-5-9-18)13-15-7-3-2-6-14(15)12-16/h14-15H,2-13,16H2,1H3. The van der Waals surface area contributed by atoms with Crippen LogP contribution in [0.4, 0.5) is 0 Å². The fourth-order valence-electron chi connectivity index (χ4n) is 3.65. The fourth-order valence-corrected chi connectivity index (χ4v) is 3.65. The van der Waals surface area contributed by atoms with Crippen LogP contribution in [-0.4, -0.2) is 56.1 Å². The first-order valence-corrected chi connectivity index (χ1v) is 7.90. The van der Waals surface area contributed by atoms with Crippen molar-refractivity contribution in [1.29, 1.82) is 0 Å². The predicted octanol–water partition coefficient (Wildman–Crippen LogP) is 1.78. The highest BCUT2D eigenvalue weighted by molar-refractivity contribution is 4.78. The lowest BCUT2D eigenvalue weighted by atomic mass is 9.79. The largest absolute Gasteiger partial charge is 0.330 e. The van der Waals surface area contributed by atoms with E-state index in [9.17, 15) is 0 Å². The van der Waals surface area contributed by atoms with Gasteiger partial charge >= 0.3 is 0 Å². The molecule has 106 valence electrons. The zero-order valence-electron chi connectivity index (χ0n) is 12.1. The maximum atomic E-state index is 5.92. The van der Waals surface area contributed by atoms with E-state index in [4.69, 9.17) is 5.73 Å². The van der Waals surface area contributed by atoms with Crippen molar-refractivity contribution in [3.8, 4) is 0 Å². The van der Waals surface area contributed by atoms with E-state index in [0.717, 1.165) is 18.4 Å². The van der Waals surface area contributed by atoms with E-state index < -0.39 is 0 Å². The summed E-state index contributed by atoms with van der Waals surface area (Å²) < 4.78 is 0. The third-order valence-corrected chi connectivity index (χ3v) is 4.91. The molecule has 0 aromatic carbocycles. The highest BCUT2D eigenvalue weighted by atomic mass is 15.2. The fraction of sp³-hybridized carbons (Fsp3) is 1.00. The van der Waals surface area contributed by atoms with E-state index in [2.05, 4.69) is 16.8 Å². The van der Waals surface area contributed by atoms with Crippen LogP contribution in [0.2, 0.25) is 0 Å². The zero-order valence-corrected chi connectivity index (χ0v) is 12.1. The molecule has 0 bridgehead atoms. The van der Waals surface area contributed by atoms with Crippen LogP contribution < -0.4 is 5.73 Å². The first-order chi connectivity index (χ1) is 8.79. The molecule has 0 aromatic heterocycles. The van der Waals surface area contributed by atoms with Gasteiger partial charge in [0, 0.05) is 19.6 Å². The minimum atomic E-state index is 0.785. The summed E-state index contributed by atoms with van der Waals surface area (Å²) in [5, 5.41) is 0. The molecule has 2 rings (SSSR count). The van der Waals surface area contributed by atoms with E-state index in [1.54, 1.807) is 0 Å². The SMILES string of the molecule is CN(CCN1CCCC1)CC1CCCCC1CN. The molecule has 0 radical (unpaired) electrons. The first kappa shape index (κ1) is 14.3. The lowest BCUT2D eigenvalue weighted by Crippen LogP contribution is -2.38. The number of likely N-dealkylation sites (tertiary alicyclic amines) is 1. The Morgan fingerprint density at radius 1 is 1.06 bits per heavy atom. The Morgan fingerprint density at radius 3 is 2.39 bits per heavy atom. The topological polar surface area (TPSA) is 32.5 Å². The number of rotatable bonds is 6. The lowest BCUT2D eigenvalue weighted by Gasteiger charge is -2.34. The number of hydrogen-bond donors (Lipinski definition) is 1. The summed E-state index contributed by atoms with van der Waals surface area (Å²) in [5.74, 6) is 1.64. The molecule has 2 fully saturated rings. The van der Waals surface area contributed by atoms with Crippen molar-refractivity contribution in [3.05, 3.63) is 0 Å². The molecule has 3 heteroatoms. The molecular weight excluding hydrogens is 222 g/mol. The Hall–Kier alpha value is -0.120. The molecular formula is C15H31N3. The van der Waals surface area contributed by atoms with Crippen molar-refractivity contribution in [3.63, 3.8) is 0 Å². The lowest BCUT2D eigenvalue weighted by molar-refractivity contribution is 0.163. The Bertz CT molecular complexity index is 226. The monoisotopic (exact) mass is 253 g/mol. The summed E-state index contributed by atoms with van der Waals surface area (Å²) >= 11 is 0. The van der Waals surface area contributed by atoms with Gasteiger partial charge in [0.25, 0.3) is 0 Å².